The maximum absolute atomic E-state index is 12.3. The molecule has 144 valence electrons. The number of rotatable bonds is 10. The van der Waals surface area contributed by atoms with Crippen LogP contribution in [-0.2, 0) is 11.2 Å². The summed E-state index contributed by atoms with van der Waals surface area (Å²) in [6.45, 7) is 1.64. The second kappa shape index (κ2) is 11.0. The molecule has 0 heterocycles. The third kappa shape index (κ3) is 6.75. The van der Waals surface area contributed by atoms with E-state index in [1.807, 2.05) is 24.3 Å². The average Bonchev–Trinajstić information content (AvgIpc) is 2.71. The largest absolute Gasteiger partial charge is 0.497 e. The summed E-state index contributed by atoms with van der Waals surface area (Å²) in [5, 5.41) is 5.70. The number of carbonyl (C=O) groups is 2. The normalized spacial score (nSPS) is 10.3. The molecule has 2 amide bonds. The van der Waals surface area contributed by atoms with Crippen molar-refractivity contribution in [1.29, 1.82) is 0 Å². The molecule has 0 fully saturated rings. The monoisotopic (exact) mass is 370 g/mol. The number of benzene rings is 2. The molecule has 2 aromatic rings. The van der Waals surface area contributed by atoms with Crippen LogP contribution in [0.25, 0.3) is 0 Å². The van der Waals surface area contributed by atoms with E-state index in [2.05, 4.69) is 10.6 Å². The fraction of sp³-hybridized carbons (Fsp3) is 0.333. The molecule has 0 saturated heterocycles. The van der Waals surface area contributed by atoms with Gasteiger partial charge in [-0.3, -0.25) is 9.59 Å². The molecule has 27 heavy (non-hydrogen) atoms. The van der Waals surface area contributed by atoms with E-state index in [9.17, 15) is 9.59 Å². The molecule has 0 atom stereocenters. The van der Waals surface area contributed by atoms with Crippen molar-refractivity contribution < 1.29 is 19.1 Å². The number of nitrogens with one attached hydrogen (secondary N) is 2. The van der Waals surface area contributed by atoms with Gasteiger partial charge in [0.25, 0.3) is 11.8 Å². The molecule has 0 unspecified atom stereocenters. The van der Waals surface area contributed by atoms with Gasteiger partial charge in [0.2, 0.25) is 0 Å². The SMILES string of the molecule is COCCCNC(=O)c1cccc(C(=O)NCCc2ccc(OC)cc2)c1. The van der Waals surface area contributed by atoms with E-state index >= 15 is 0 Å². The predicted molar refractivity (Wildman–Crippen MR) is 104 cm³/mol. The third-order valence-corrected chi connectivity index (χ3v) is 4.06. The van der Waals surface area contributed by atoms with E-state index in [0.29, 0.717) is 30.8 Å². The van der Waals surface area contributed by atoms with Gasteiger partial charge < -0.3 is 20.1 Å². The molecule has 0 aromatic heterocycles. The fourth-order valence-corrected chi connectivity index (χ4v) is 2.54. The Morgan fingerprint density at radius 1 is 0.889 bits per heavy atom. The molecule has 0 saturated carbocycles. The minimum absolute atomic E-state index is 0.195. The molecule has 0 aliphatic heterocycles. The molecule has 0 aliphatic carbocycles. The highest BCUT2D eigenvalue weighted by Crippen LogP contribution is 2.11. The average molecular weight is 370 g/mol. The molecule has 0 spiro atoms. The van der Waals surface area contributed by atoms with Gasteiger partial charge in [-0.25, -0.2) is 0 Å². The van der Waals surface area contributed by atoms with Crippen LogP contribution in [0.15, 0.2) is 48.5 Å². The van der Waals surface area contributed by atoms with Crippen LogP contribution in [0.3, 0.4) is 0 Å². The van der Waals surface area contributed by atoms with Crippen LogP contribution in [0, 0.1) is 0 Å². The van der Waals surface area contributed by atoms with Crippen LogP contribution in [0.1, 0.15) is 32.7 Å². The predicted octanol–water partition coefficient (Wildman–Crippen LogP) is 2.43. The first-order valence-electron chi connectivity index (χ1n) is 8.92. The van der Waals surface area contributed by atoms with Gasteiger partial charge in [0.1, 0.15) is 5.75 Å². The number of hydrogen-bond donors (Lipinski definition) is 2. The Morgan fingerprint density at radius 3 is 2.11 bits per heavy atom. The number of hydrogen-bond acceptors (Lipinski definition) is 4. The van der Waals surface area contributed by atoms with Crippen molar-refractivity contribution in [3.8, 4) is 5.75 Å². The van der Waals surface area contributed by atoms with Crippen molar-refractivity contribution in [2.24, 2.45) is 0 Å². The molecule has 0 aliphatic rings. The first kappa shape index (κ1) is 20.5. The van der Waals surface area contributed by atoms with E-state index in [-0.39, 0.29) is 11.8 Å². The summed E-state index contributed by atoms with van der Waals surface area (Å²) in [5.74, 6) is 0.414. The molecular weight excluding hydrogens is 344 g/mol. The van der Waals surface area contributed by atoms with Gasteiger partial charge in [-0.1, -0.05) is 18.2 Å². The van der Waals surface area contributed by atoms with Crippen LogP contribution in [0.5, 0.6) is 5.75 Å². The van der Waals surface area contributed by atoms with Crippen LogP contribution >= 0.6 is 0 Å². The molecular formula is C21H26N2O4. The van der Waals surface area contributed by atoms with Gasteiger partial charge in [0, 0.05) is 37.9 Å². The number of methoxy groups -OCH3 is 2. The second-order valence-electron chi connectivity index (χ2n) is 6.04. The summed E-state index contributed by atoms with van der Waals surface area (Å²) >= 11 is 0. The van der Waals surface area contributed by atoms with E-state index in [4.69, 9.17) is 9.47 Å². The van der Waals surface area contributed by atoms with Gasteiger partial charge in [0.05, 0.1) is 7.11 Å². The Morgan fingerprint density at radius 2 is 1.52 bits per heavy atom. The Hall–Kier alpha value is -2.86. The van der Waals surface area contributed by atoms with Crippen molar-refractivity contribution in [3.63, 3.8) is 0 Å². The van der Waals surface area contributed by atoms with Crippen molar-refractivity contribution >= 4 is 11.8 Å². The van der Waals surface area contributed by atoms with Gasteiger partial charge in [-0.05, 0) is 48.7 Å². The molecule has 0 radical (unpaired) electrons. The van der Waals surface area contributed by atoms with E-state index in [0.717, 1.165) is 24.2 Å². The minimum Gasteiger partial charge on any atom is -0.497 e. The fourth-order valence-electron chi connectivity index (χ4n) is 2.54. The summed E-state index contributed by atoms with van der Waals surface area (Å²) in [4.78, 5) is 24.5. The van der Waals surface area contributed by atoms with Gasteiger partial charge in [-0.2, -0.15) is 0 Å². The van der Waals surface area contributed by atoms with Gasteiger partial charge in [-0.15, -0.1) is 0 Å². The summed E-state index contributed by atoms with van der Waals surface area (Å²) < 4.78 is 10.1. The molecule has 2 N–H and O–H groups in total. The van der Waals surface area contributed by atoms with Crippen molar-refractivity contribution in [2.75, 3.05) is 33.9 Å². The highest BCUT2D eigenvalue weighted by Gasteiger charge is 2.10. The Balaban J connectivity index is 1.83. The van der Waals surface area contributed by atoms with Gasteiger partial charge >= 0.3 is 0 Å². The lowest BCUT2D eigenvalue weighted by atomic mass is 10.1. The zero-order valence-corrected chi connectivity index (χ0v) is 15.8. The number of carbonyl (C=O) groups excluding carboxylic acids is 2. The molecule has 2 aromatic carbocycles. The first-order chi connectivity index (χ1) is 13.1. The lowest BCUT2D eigenvalue weighted by molar-refractivity contribution is 0.0948. The topological polar surface area (TPSA) is 76.7 Å². The quantitative estimate of drug-likeness (QED) is 0.630. The Bertz CT molecular complexity index is 744. The Kier molecular flexibility index (Phi) is 8.32. The number of amides is 2. The summed E-state index contributed by atoms with van der Waals surface area (Å²) in [6, 6.07) is 14.4. The maximum Gasteiger partial charge on any atom is 0.251 e. The Labute approximate surface area is 159 Å². The highest BCUT2D eigenvalue weighted by molar-refractivity contribution is 5.99. The van der Waals surface area contributed by atoms with Crippen LogP contribution < -0.4 is 15.4 Å². The number of ether oxygens (including phenoxy) is 2. The van der Waals surface area contributed by atoms with Crippen molar-refractivity contribution in [1.82, 2.24) is 10.6 Å². The minimum atomic E-state index is -0.197. The lowest BCUT2D eigenvalue weighted by Crippen LogP contribution is -2.27. The zero-order chi connectivity index (χ0) is 19.5. The van der Waals surface area contributed by atoms with E-state index < -0.39 is 0 Å². The maximum atomic E-state index is 12.3. The van der Waals surface area contributed by atoms with Gasteiger partial charge in [0.15, 0.2) is 0 Å². The summed E-state index contributed by atoms with van der Waals surface area (Å²) in [6.07, 6.45) is 1.46. The van der Waals surface area contributed by atoms with Crippen LogP contribution in [0.2, 0.25) is 0 Å². The standard InChI is InChI=1S/C21H26N2O4/c1-26-14-4-12-22-20(24)17-5-3-6-18(15-17)21(25)23-13-11-16-7-9-19(27-2)10-8-16/h3,5-10,15H,4,11-14H2,1-2H3,(H,22,24)(H,23,25). The summed E-state index contributed by atoms with van der Waals surface area (Å²) in [5.41, 5.74) is 2.05. The molecule has 2 rings (SSSR count). The molecule has 6 nitrogen and oxygen atoms in total. The van der Waals surface area contributed by atoms with E-state index in [1.54, 1.807) is 38.5 Å². The third-order valence-electron chi connectivity index (χ3n) is 4.06. The summed E-state index contributed by atoms with van der Waals surface area (Å²) in [7, 11) is 3.25. The smallest absolute Gasteiger partial charge is 0.251 e. The zero-order valence-electron chi connectivity index (χ0n) is 15.8. The van der Waals surface area contributed by atoms with Crippen molar-refractivity contribution in [3.05, 3.63) is 65.2 Å². The second-order valence-corrected chi connectivity index (χ2v) is 6.04. The first-order valence-corrected chi connectivity index (χ1v) is 8.92. The molecule has 6 heteroatoms. The van der Waals surface area contributed by atoms with Crippen LogP contribution in [0.4, 0.5) is 0 Å². The van der Waals surface area contributed by atoms with E-state index in [1.165, 1.54) is 0 Å². The lowest BCUT2D eigenvalue weighted by Gasteiger charge is -2.08. The van der Waals surface area contributed by atoms with Crippen molar-refractivity contribution in [2.45, 2.75) is 12.8 Å². The highest BCUT2D eigenvalue weighted by atomic mass is 16.5. The molecule has 0 bridgehead atoms. The van der Waals surface area contributed by atoms with Crippen LogP contribution in [-0.4, -0.2) is 45.7 Å².